The van der Waals surface area contributed by atoms with Crippen molar-refractivity contribution < 1.29 is 82.2 Å². The van der Waals surface area contributed by atoms with Crippen LogP contribution in [0.25, 0.3) is 0 Å². The Balaban J connectivity index is 1.53. The summed E-state index contributed by atoms with van der Waals surface area (Å²) in [7, 11) is 3.59. The summed E-state index contributed by atoms with van der Waals surface area (Å²) >= 11 is 1.09. The highest BCUT2D eigenvalue weighted by atomic mass is 32.1. The highest BCUT2D eigenvalue weighted by Gasteiger charge is 2.37. The largest absolute Gasteiger partial charge is 0.506 e. The van der Waals surface area contributed by atoms with E-state index in [1.165, 1.54) is 31.4 Å². The molecule has 1 aliphatic rings. The van der Waals surface area contributed by atoms with Crippen molar-refractivity contribution >= 4 is 70.4 Å². The second kappa shape index (κ2) is 37.4. The Morgan fingerprint density at radius 3 is 2.00 bits per heavy atom. The second-order valence-electron chi connectivity index (χ2n) is 20.4. The molecule has 25 nitrogen and oxygen atoms in total. The molecular weight excluding hydrogens is 1090 g/mol. The first kappa shape index (κ1) is 69.5. The molecule has 1 aromatic carbocycles. The number of esters is 1. The van der Waals surface area contributed by atoms with Crippen LogP contribution in [0.3, 0.4) is 0 Å². The quantitative estimate of drug-likeness (QED) is 0.0209. The van der Waals surface area contributed by atoms with Crippen LogP contribution < -0.4 is 26.6 Å². The molecule has 26 heteroatoms. The lowest BCUT2D eigenvalue weighted by Crippen LogP contribution is -2.58. The lowest BCUT2D eigenvalue weighted by atomic mass is 9.92. The standard InChI is InChI=1S/C56H84N8O17S/c1-9-36(4)51(62-53(73)43-12-10-11-21-63(43)7)55(74)64(8)44(35(2)3)33-46(81-38(6)65)54-61-42(34-82-54)52(72)59-40(30-37(5)56(75)76)31-39-13-14-45(66)41(32-39)60-49(69)17-22-77-26-28-79-24-19-57-47(67)15-16-48(68)58-20-25-80-29-27-78-23-18-50(70)71/h13-14,32,34-37,40,43-44,46,51,66H,9-12,17-31,33H2,1-8H3,(H,57,67)(H,58,68)(H,59,72)(H,60,69)(H,62,73)(H,70,71)(H,75,76)/t36?,37?,40?,43-,44?,46?,51?/m1/s1. The van der Waals surface area contributed by atoms with Crippen LogP contribution in [0.1, 0.15) is 120 Å². The van der Waals surface area contributed by atoms with Crippen LogP contribution in [-0.2, 0) is 68.5 Å². The number of aromatic hydroxyl groups is 1. The SMILES string of the molecule is CCC(C)C(NC(=O)[C@H]1CCCCN1C)C(=O)N(C)C(CC(OC(C)=O)c1nc(C(=O)NC(Cc2ccc(O)c(NC(=O)CCOCCOCCNC(=O)C#CC(=O)NCCOCCOCCC(=O)O)c2)CC(C)C(=O)O)cs1)C(C)C. The van der Waals surface area contributed by atoms with Crippen molar-refractivity contribution in [2.24, 2.45) is 17.8 Å². The molecule has 0 aliphatic carbocycles. The number of thiazole rings is 1. The van der Waals surface area contributed by atoms with Crippen LogP contribution in [0.2, 0.25) is 0 Å². The first-order valence-corrected chi connectivity index (χ1v) is 28.5. The van der Waals surface area contributed by atoms with Gasteiger partial charge < -0.3 is 70.5 Å². The number of aliphatic carboxylic acids is 2. The maximum absolute atomic E-state index is 14.3. The molecule has 0 bridgehead atoms. The Kier molecular flexibility index (Phi) is 31.7. The summed E-state index contributed by atoms with van der Waals surface area (Å²) in [6.07, 6.45) is 2.36. The molecule has 6 amide bonds. The number of phenols is 1. The first-order chi connectivity index (χ1) is 39.0. The summed E-state index contributed by atoms with van der Waals surface area (Å²) in [5.74, 6) is -2.67. The summed E-state index contributed by atoms with van der Waals surface area (Å²) in [5, 5.41) is 44.4. The minimum atomic E-state index is -1.09. The fourth-order valence-corrected chi connectivity index (χ4v) is 9.53. The van der Waals surface area contributed by atoms with Gasteiger partial charge in [0.05, 0.1) is 83.3 Å². The Morgan fingerprint density at radius 2 is 1.44 bits per heavy atom. The van der Waals surface area contributed by atoms with Gasteiger partial charge in [-0.3, -0.25) is 48.1 Å². The van der Waals surface area contributed by atoms with Crippen LogP contribution in [0.15, 0.2) is 23.6 Å². The van der Waals surface area contributed by atoms with Crippen LogP contribution in [-0.4, -0.2) is 194 Å². The molecule has 2 aromatic rings. The van der Waals surface area contributed by atoms with E-state index >= 15 is 0 Å². The number of aromatic nitrogens is 1. The van der Waals surface area contributed by atoms with Gasteiger partial charge in [-0.2, -0.15) is 0 Å². The minimum Gasteiger partial charge on any atom is -0.506 e. The molecule has 456 valence electrons. The molecule has 3 rings (SSSR count). The number of nitrogens with zero attached hydrogens (tertiary/aromatic N) is 3. The third-order valence-electron chi connectivity index (χ3n) is 13.5. The number of rotatable bonds is 37. The van der Waals surface area contributed by atoms with Gasteiger partial charge in [-0.25, -0.2) is 4.98 Å². The van der Waals surface area contributed by atoms with E-state index in [-0.39, 0.29) is 145 Å². The lowest BCUT2D eigenvalue weighted by molar-refractivity contribution is -0.149. The number of likely N-dealkylation sites (tertiary alicyclic amines) is 1. The average molecular weight is 1170 g/mol. The maximum Gasteiger partial charge on any atom is 0.306 e. The number of carboxylic acids is 2. The van der Waals surface area contributed by atoms with E-state index < -0.39 is 71.7 Å². The molecule has 8 N–H and O–H groups in total. The molecule has 7 atom stereocenters. The molecule has 1 fully saturated rings. The van der Waals surface area contributed by atoms with Gasteiger partial charge in [0.15, 0.2) is 6.10 Å². The second-order valence-corrected chi connectivity index (χ2v) is 21.3. The summed E-state index contributed by atoms with van der Waals surface area (Å²) in [6.45, 7) is 12.6. The molecule has 6 unspecified atom stereocenters. The predicted octanol–water partition coefficient (Wildman–Crippen LogP) is 2.90. The van der Waals surface area contributed by atoms with Gasteiger partial charge in [0.1, 0.15) is 22.5 Å². The van der Waals surface area contributed by atoms with Gasteiger partial charge >= 0.3 is 17.9 Å². The fourth-order valence-electron chi connectivity index (χ4n) is 8.69. The van der Waals surface area contributed by atoms with Crippen molar-refractivity contribution in [1.29, 1.82) is 0 Å². The Labute approximate surface area is 483 Å². The van der Waals surface area contributed by atoms with Crippen molar-refractivity contribution in [1.82, 2.24) is 36.1 Å². The van der Waals surface area contributed by atoms with Crippen LogP contribution in [0.4, 0.5) is 5.69 Å². The zero-order valence-electron chi connectivity index (χ0n) is 48.4. The molecule has 0 saturated carbocycles. The number of phenolic OH excluding ortho intramolecular Hbond substituents is 1. The van der Waals surface area contributed by atoms with Crippen LogP contribution >= 0.6 is 11.3 Å². The number of carbonyl (C=O) groups excluding carboxylic acids is 7. The van der Waals surface area contributed by atoms with Gasteiger partial charge in [0, 0.05) is 62.8 Å². The van der Waals surface area contributed by atoms with E-state index in [1.807, 2.05) is 39.6 Å². The van der Waals surface area contributed by atoms with Crippen LogP contribution in [0, 0.1) is 29.6 Å². The third kappa shape index (κ3) is 26.0. The number of anilines is 1. The van der Waals surface area contributed by atoms with Gasteiger partial charge in [-0.15, -0.1) is 11.3 Å². The lowest BCUT2D eigenvalue weighted by Gasteiger charge is -2.38. The molecule has 2 heterocycles. The topological polar surface area (TPSA) is 340 Å². The summed E-state index contributed by atoms with van der Waals surface area (Å²) in [5.41, 5.74) is 0.620. The van der Waals surface area contributed by atoms with Gasteiger partial charge in [0.25, 0.3) is 17.7 Å². The number of likely N-dealkylation sites (N-methyl/N-ethyl adjacent to an activating group) is 2. The highest BCUT2D eigenvalue weighted by Crippen LogP contribution is 2.32. The number of hydrogen-bond donors (Lipinski definition) is 8. The van der Waals surface area contributed by atoms with E-state index in [0.717, 1.165) is 30.7 Å². The fraction of sp³-hybridized carbons (Fsp3) is 0.643. The van der Waals surface area contributed by atoms with E-state index in [1.54, 1.807) is 18.0 Å². The predicted molar refractivity (Wildman–Crippen MR) is 301 cm³/mol. The number of piperidine rings is 1. The normalized spacial score (nSPS) is 15.5. The molecule has 1 saturated heterocycles. The van der Waals surface area contributed by atoms with Crippen LogP contribution in [0.5, 0.6) is 5.75 Å². The van der Waals surface area contributed by atoms with E-state index in [9.17, 15) is 53.4 Å². The number of hydrogen-bond acceptors (Lipinski definition) is 18. The zero-order valence-corrected chi connectivity index (χ0v) is 49.2. The molecular formula is C56H84N8O17S. The third-order valence-corrected chi connectivity index (χ3v) is 14.4. The number of amides is 6. The number of nitrogens with one attached hydrogen (secondary N) is 5. The van der Waals surface area contributed by atoms with E-state index in [4.69, 9.17) is 28.8 Å². The summed E-state index contributed by atoms with van der Waals surface area (Å²) in [4.78, 5) is 122. The number of carbonyl (C=O) groups is 9. The van der Waals surface area contributed by atoms with Gasteiger partial charge in [-0.05, 0) is 68.8 Å². The van der Waals surface area contributed by atoms with Crippen molar-refractivity contribution in [3.8, 4) is 17.6 Å². The molecule has 1 aliphatic heterocycles. The highest BCUT2D eigenvalue weighted by molar-refractivity contribution is 7.09. The van der Waals surface area contributed by atoms with Crippen molar-refractivity contribution in [2.45, 2.75) is 130 Å². The van der Waals surface area contributed by atoms with Gasteiger partial charge in [-0.1, -0.05) is 53.5 Å². The number of carboxylic acid groups (broad SMARTS) is 2. The number of ether oxygens (including phenoxy) is 5. The monoisotopic (exact) mass is 1170 g/mol. The van der Waals surface area contributed by atoms with E-state index in [0.29, 0.717) is 23.4 Å². The molecule has 1 aromatic heterocycles. The Hall–Kier alpha value is -6.76. The maximum atomic E-state index is 14.3. The Bertz CT molecular complexity index is 2480. The summed E-state index contributed by atoms with van der Waals surface area (Å²) in [6, 6.07) is 2.09. The minimum absolute atomic E-state index is 0.00520. The number of benzene rings is 1. The van der Waals surface area contributed by atoms with Crippen molar-refractivity contribution in [3.63, 3.8) is 0 Å². The van der Waals surface area contributed by atoms with Crippen molar-refractivity contribution in [2.75, 3.05) is 91.9 Å². The molecule has 82 heavy (non-hydrogen) atoms. The molecule has 0 spiro atoms. The summed E-state index contributed by atoms with van der Waals surface area (Å²) < 4.78 is 27.0. The molecule has 0 radical (unpaired) electrons. The van der Waals surface area contributed by atoms with Crippen molar-refractivity contribution in [3.05, 3.63) is 39.8 Å². The Morgan fingerprint density at radius 1 is 0.829 bits per heavy atom. The van der Waals surface area contributed by atoms with Gasteiger partial charge in [0.2, 0.25) is 17.7 Å². The average Bonchev–Trinajstić information content (AvgIpc) is 4.14. The van der Waals surface area contributed by atoms with E-state index in [2.05, 4.69) is 43.4 Å². The smallest absolute Gasteiger partial charge is 0.306 e. The zero-order chi connectivity index (χ0) is 60.7. The first-order valence-electron chi connectivity index (χ1n) is 27.7.